The molecule has 0 bridgehead atoms. The Morgan fingerprint density at radius 2 is 1.66 bits per heavy atom. The zero-order valence-corrected chi connectivity index (χ0v) is 16.1. The third-order valence-corrected chi connectivity index (χ3v) is 4.52. The van der Waals surface area contributed by atoms with E-state index in [0.717, 1.165) is 17.7 Å². The molecule has 2 aromatic rings. The molecule has 1 aromatic heterocycles. The lowest BCUT2D eigenvalue weighted by Crippen LogP contribution is -2.31. The molecule has 0 fully saturated rings. The topological polar surface area (TPSA) is 92.2 Å². The Morgan fingerprint density at radius 3 is 2.31 bits per heavy atom. The summed E-state index contributed by atoms with van der Waals surface area (Å²) in [7, 11) is 0. The van der Waals surface area contributed by atoms with Crippen molar-refractivity contribution in [2.75, 3.05) is 6.54 Å². The van der Waals surface area contributed by atoms with Gasteiger partial charge in [-0.2, -0.15) is 0 Å². The van der Waals surface area contributed by atoms with Crippen molar-refractivity contribution in [1.82, 2.24) is 14.5 Å². The molecule has 0 atom stereocenters. The van der Waals surface area contributed by atoms with Crippen LogP contribution in [0.2, 0.25) is 0 Å². The van der Waals surface area contributed by atoms with Crippen LogP contribution in [0.1, 0.15) is 52.5 Å². The zero-order chi connectivity index (χ0) is 20.8. The number of allylic oxidation sites excluding steroid dienone is 1. The molecule has 1 aromatic carbocycles. The molecule has 3 rings (SSSR count). The first kappa shape index (κ1) is 20.1. The summed E-state index contributed by atoms with van der Waals surface area (Å²) < 4.78 is 1.32. The van der Waals surface area contributed by atoms with Gasteiger partial charge in [0.05, 0.1) is 11.1 Å². The highest BCUT2D eigenvalue weighted by atomic mass is 16.2. The minimum Gasteiger partial charge on any atom is -0.296 e. The first-order valence-corrected chi connectivity index (χ1v) is 9.45. The fraction of sp³-hybridized carbons (Fsp3) is 0.273. The van der Waals surface area contributed by atoms with E-state index in [2.05, 4.69) is 23.7 Å². The van der Waals surface area contributed by atoms with Gasteiger partial charge in [-0.25, -0.2) is 4.79 Å². The number of unbranched alkanes of at least 4 members (excludes halogenated alkanes) is 2. The van der Waals surface area contributed by atoms with Gasteiger partial charge in [-0.15, -0.1) is 0 Å². The van der Waals surface area contributed by atoms with Crippen molar-refractivity contribution < 1.29 is 9.59 Å². The van der Waals surface area contributed by atoms with Crippen LogP contribution in [-0.2, 0) is 6.54 Å². The van der Waals surface area contributed by atoms with Crippen molar-refractivity contribution in [2.24, 2.45) is 0 Å². The second-order valence-electron chi connectivity index (χ2n) is 6.60. The first-order chi connectivity index (χ1) is 14.0. The van der Waals surface area contributed by atoms with E-state index in [1.807, 2.05) is 0 Å². The minimum atomic E-state index is -0.542. The predicted molar refractivity (Wildman–Crippen MR) is 109 cm³/mol. The first-order valence-electron chi connectivity index (χ1n) is 9.45. The Labute approximate surface area is 167 Å². The summed E-state index contributed by atoms with van der Waals surface area (Å²) in [5.74, 6) is 5.06. The van der Waals surface area contributed by atoms with Crippen LogP contribution in [0.3, 0.4) is 0 Å². The predicted octanol–water partition coefficient (Wildman–Crippen LogP) is 1.93. The number of aromatic amines is 1. The summed E-state index contributed by atoms with van der Waals surface area (Å²) in [5.41, 5.74) is -0.0257. The molecular weight excluding hydrogens is 370 g/mol. The molecule has 1 aliphatic heterocycles. The average molecular weight is 391 g/mol. The Balaban J connectivity index is 1.67. The second kappa shape index (κ2) is 9.02. The fourth-order valence-corrected chi connectivity index (χ4v) is 2.93. The van der Waals surface area contributed by atoms with Gasteiger partial charge in [-0.05, 0) is 18.6 Å². The molecule has 0 saturated carbocycles. The highest BCUT2D eigenvalue weighted by molar-refractivity contribution is 6.21. The monoisotopic (exact) mass is 391 g/mol. The van der Waals surface area contributed by atoms with Gasteiger partial charge in [0.15, 0.2) is 0 Å². The van der Waals surface area contributed by atoms with E-state index in [9.17, 15) is 19.2 Å². The van der Waals surface area contributed by atoms with Crippen LogP contribution in [0, 0.1) is 11.8 Å². The van der Waals surface area contributed by atoms with Gasteiger partial charge >= 0.3 is 5.69 Å². The van der Waals surface area contributed by atoms with Crippen molar-refractivity contribution in [3.8, 4) is 11.8 Å². The van der Waals surface area contributed by atoms with Gasteiger partial charge < -0.3 is 0 Å². The number of hydrogen-bond acceptors (Lipinski definition) is 4. The highest BCUT2D eigenvalue weighted by Crippen LogP contribution is 2.21. The lowest BCUT2D eigenvalue weighted by Gasteiger charge is -2.10. The van der Waals surface area contributed by atoms with Gasteiger partial charge in [0.25, 0.3) is 17.4 Å². The molecule has 0 radical (unpaired) electrons. The summed E-state index contributed by atoms with van der Waals surface area (Å²) in [4.78, 5) is 51.9. The van der Waals surface area contributed by atoms with Crippen LogP contribution in [0.15, 0.2) is 52.2 Å². The van der Waals surface area contributed by atoms with Gasteiger partial charge in [0.1, 0.15) is 5.56 Å². The summed E-state index contributed by atoms with van der Waals surface area (Å²) in [6.45, 7) is 2.35. The number of amides is 2. The number of aromatic nitrogens is 2. The standard InChI is InChI=1S/C22H21N3O4/c1-2-3-4-5-10-16-15-24(22(29)23-19(16)26)13-8-9-14-25-20(27)17-11-6-7-12-18(17)21(25)28/h6-9,11-12,15H,2-4,13-14H2,1H3,(H,23,26,29)/b9-8+. The molecule has 1 aliphatic rings. The van der Waals surface area contributed by atoms with Crippen molar-refractivity contribution >= 4 is 11.8 Å². The van der Waals surface area contributed by atoms with Crippen LogP contribution in [0.4, 0.5) is 0 Å². The minimum absolute atomic E-state index is 0.105. The van der Waals surface area contributed by atoms with Crippen LogP contribution < -0.4 is 11.2 Å². The number of nitrogens with zero attached hydrogens (tertiary/aromatic N) is 2. The van der Waals surface area contributed by atoms with Crippen LogP contribution >= 0.6 is 0 Å². The van der Waals surface area contributed by atoms with Gasteiger partial charge in [-0.1, -0.05) is 49.5 Å². The van der Waals surface area contributed by atoms with E-state index in [-0.39, 0.29) is 30.5 Å². The Kier molecular flexibility index (Phi) is 6.25. The molecule has 0 aliphatic carbocycles. The maximum Gasteiger partial charge on any atom is 0.328 e. The van der Waals surface area contributed by atoms with Crippen molar-refractivity contribution in [2.45, 2.75) is 32.7 Å². The number of rotatable bonds is 6. The quantitative estimate of drug-likeness (QED) is 0.352. The molecule has 148 valence electrons. The molecule has 2 heterocycles. The van der Waals surface area contributed by atoms with E-state index in [4.69, 9.17) is 0 Å². The number of H-pyrrole nitrogens is 1. The molecule has 7 heteroatoms. The summed E-state index contributed by atoms with van der Waals surface area (Å²) in [5, 5.41) is 0. The largest absolute Gasteiger partial charge is 0.328 e. The number of hydrogen-bond donors (Lipinski definition) is 1. The van der Waals surface area contributed by atoms with Crippen LogP contribution in [0.25, 0.3) is 0 Å². The third-order valence-electron chi connectivity index (χ3n) is 4.52. The molecule has 0 unspecified atom stereocenters. The number of imide groups is 1. The number of carbonyl (C=O) groups is 2. The van der Waals surface area contributed by atoms with Crippen LogP contribution in [0.5, 0.6) is 0 Å². The molecule has 1 N–H and O–H groups in total. The lowest BCUT2D eigenvalue weighted by molar-refractivity contribution is 0.0672. The maximum atomic E-state index is 12.3. The molecule has 29 heavy (non-hydrogen) atoms. The SMILES string of the molecule is CCCCC#Cc1cn(C/C=C/CN2C(=O)c3ccccc3C2=O)c(=O)[nH]c1=O. The number of carbonyl (C=O) groups excluding carboxylic acids is 2. The highest BCUT2D eigenvalue weighted by Gasteiger charge is 2.33. The average Bonchev–Trinajstić information content (AvgIpc) is 2.96. The van der Waals surface area contributed by atoms with E-state index in [0.29, 0.717) is 17.5 Å². The fourth-order valence-electron chi connectivity index (χ4n) is 2.93. The smallest absolute Gasteiger partial charge is 0.296 e. The molecule has 0 saturated heterocycles. The summed E-state index contributed by atoms with van der Waals surface area (Å²) in [6, 6.07) is 6.69. The van der Waals surface area contributed by atoms with E-state index >= 15 is 0 Å². The summed E-state index contributed by atoms with van der Waals surface area (Å²) in [6.07, 6.45) is 7.39. The zero-order valence-electron chi connectivity index (χ0n) is 16.1. The van der Waals surface area contributed by atoms with E-state index < -0.39 is 11.2 Å². The Bertz CT molecular complexity index is 1110. The van der Waals surface area contributed by atoms with E-state index in [1.165, 1.54) is 10.8 Å². The molecule has 7 nitrogen and oxygen atoms in total. The van der Waals surface area contributed by atoms with Gasteiger partial charge in [-0.3, -0.25) is 28.8 Å². The Morgan fingerprint density at radius 1 is 1.00 bits per heavy atom. The van der Waals surface area contributed by atoms with Crippen molar-refractivity contribution in [1.29, 1.82) is 0 Å². The van der Waals surface area contributed by atoms with Crippen molar-refractivity contribution in [3.05, 3.63) is 80.1 Å². The third kappa shape index (κ3) is 4.43. The maximum absolute atomic E-state index is 12.3. The molecular formula is C22H21N3O4. The number of nitrogens with one attached hydrogen (secondary N) is 1. The second-order valence-corrected chi connectivity index (χ2v) is 6.60. The summed E-state index contributed by atoms with van der Waals surface area (Å²) >= 11 is 0. The lowest BCUT2D eigenvalue weighted by atomic mass is 10.1. The van der Waals surface area contributed by atoms with Crippen LogP contribution in [-0.4, -0.2) is 32.8 Å². The van der Waals surface area contributed by atoms with Crippen molar-refractivity contribution in [3.63, 3.8) is 0 Å². The van der Waals surface area contributed by atoms with Gasteiger partial charge in [0, 0.05) is 25.7 Å². The van der Waals surface area contributed by atoms with E-state index in [1.54, 1.807) is 36.4 Å². The molecule has 2 amide bonds. The van der Waals surface area contributed by atoms with Gasteiger partial charge in [0.2, 0.25) is 0 Å². The normalized spacial score (nSPS) is 12.9. The molecule has 0 spiro atoms. The number of fused-ring (bicyclic) bond motifs is 1. The number of benzene rings is 1. The Hall–Kier alpha value is -3.66.